The molecular weight excluding hydrogens is 443 g/mol. The molecule has 2 aromatic rings. The molecule has 1 aromatic heterocycles. The van der Waals surface area contributed by atoms with E-state index in [4.69, 9.17) is 15.2 Å². The maximum absolute atomic E-state index is 14.5. The number of barbiturate groups is 1. The third-order valence-corrected chi connectivity index (χ3v) is 6.11. The van der Waals surface area contributed by atoms with Gasteiger partial charge in [0.05, 0.1) is 6.20 Å². The van der Waals surface area contributed by atoms with Crippen LogP contribution in [0.15, 0.2) is 36.5 Å². The molecule has 2 fully saturated rings. The lowest BCUT2D eigenvalue weighted by Gasteiger charge is -2.37. The number of urea groups is 1. The molecule has 2 saturated heterocycles. The van der Waals surface area contributed by atoms with Crippen molar-refractivity contribution < 1.29 is 28.2 Å². The zero-order valence-electron chi connectivity index (χ0n) is 18.8. The fourth-order valence-corrected chi connectivity index (χ4v) is 4.20. The Labute approximate surface area is 196 Å². The Bertz CT molecular complexity index is 1070. The van der Waals surface area contributed by atoms with E-state index in [1.807, 2.05) is 6.92 Å². The van der Waals surface area contributed by atoms with Crippen LogP contribution in [0.25, 0.3) is 0 Å². The molecule has 10 heteroatoms. The van der Waals surface area contributed by atoms with E-state index in [2.05, 4.69) is 10.3 Å². The lowest BCUT2D eigenvalue weighted by molar-refractivity contribution is -0.145. The average Bonchev–Trinajstić information content (AvgIpc) is 2.82. The van der Waals surface area contributed by atoms with Crippen LogP contribution >= 0.6 is 0 Å². The van der Waals surface area contributed by atoms with Crippen LogP contribution in [0.4, 0.5) is 9.18 Å². The summed E-state index contributed by atoms with van der Waals surface area (Å²) in [5, 5.41) is 2.27. The second kappa shape index (κ2) is 10.3. The number of carbonyl (C=O) groups is 3. The predicted molar refractivity (Wildman–Crippen MR) is 119 cm³/mol. The van der Waals surface area contributed by atoms with Crippen molar-refractivity contribution in [1.82, 2.24) is 15.2 Å². The summed E-state index contributed by atoms with van der Waals surface area (Å²) in [7, 11) is 0. The van der Waals surface area contributed by atoms with Gasteiger partial charge in [0.15, 0.2) is 0 Å². The number of nitrogens with two attached hydrogens (primary N) is 1. The van der Waals surface area contributed by atoms with Gasteiger partial charge in [-0.3, -0.25) is 24.8 Å². The van der Waals surface area contributed by atoms with E-state index in [1.165, 1.54) is 18.2 Å². The van der Waals surface area contributed by atoms with Crippen LogP contribution in [0, 0.1) is 18.7 Å². The van der Waals surface area contributed by atoms with Crippen molar-refractivity contribution in [3.05, 3.63) is 53.6 Å². The predicted octanol–water partition coefficient (Wildman–Crippen LogP) is 2.98. The number of imide groups is 2. The largest absolute Gasteiger partial charge is 0.456 e. The number of halogens is 1. The average molecular weight is 471 g/mol. The topological polar surface area (TPSA) is 124 Å². The minimum Gasteiger partial charge on any atom is -0.456 e. The van der Waals surface area contributed by atoms with Crippen LogP contribution in [-0.2, 0) is 14.3 Å². The Morgan fingerprint density at radius 3 is 2.65 bits per heavy atom. The molecule has 2 atom stereocenters. The van der Waals surface area contributed by atoms with Crippen LogP contribution in [0.2, 0.25) is 0 Å². The second-order valence-electron chi connectivity index (χ2n) is 8.50. The van der Waals surface area contributed by atoms with Crippen molar-refractivity contribution in [2.75, 3.05) is 13.2 Å². The van der Waals surface area contributed by atoms with Crippen LogP contribution in [0.1, 0.15) is 43.0 Å². The number of rotatable bonds is 7. The quantitative estimate of drug-likeness (QED) is 0.596. The lowest BCUT2D eigenvalue weighted by Crippen LogP contribution is -2.61. The van der Waals surface area contributed by atoms with Gasteiger partial charge in [0.25, 0.3) is 0 Å². The maximum atomic E-state index is 14.5. The van der Waals surface area contributed by atoms with Crippen molar-refractivity contribution in [1.29, 1.82) is 0 Å². The van der Waals surface area contributed by atoms with Crippen molar-refractivity contribution >= 4 is 17.8 Å². The molecule has 3 heterocycles. The lowest BCUT2D eigenvalue weighted by atomic mass is 9.92. The summed E-state index contributed by atoms with van der Waals surface area (Å²) in [6.07, 6.45) is 2.84. The maximum Gasteiger partial charge on any atom is 0.331 e. The fourth-order valence-electron chi connectivity index (χ4n) is 4.20. The van der Waals surface area contributed by atoms with Crippen LogP contribution in [-0.4, -0.2) is 47.0 Å². The summed E-state index contributed by atoms with van der Waals surface area (Å²) in [5.41, 5.74) is 7.29. The molecule has 2 unspecified atom stereocenters. The van der Waals surface area contributed by atoms with E-state index in [0.717, 1.165) is 10.6 Å². The Kier molecular flexibility index (Phi) is 7.18. The SMILES string of the molecule is Cc1ccc(Oc2ccc(F)c(C(N)CCC3C(=O)NC(=O)N(C4CCOCC4)C3=O)c2)cn1. The normalized spacial score (nSPS) is 20.3. The number of aromatic nitrogens is 1. The van der Waals surface area contributed by atoms with Crippen molar-refractivity contribution in [2.24, 2.45) is 11.7 Å². The number of nitrogens with zero attached hydrogens (tertiary/aromatic N) is 2. The number of pyridine rings is 1. The first-order valence-corrected chi connectivity index (χ1v) is 11.2. The van der Waals surface area contributed by atoms with Gasteiger partial charge in [-0.15, -0.1) is 0 Å². The van der Waals surface area contributed by atoms with Crippen LogP contribution in [0.5, 0.6) is 11.5 Å². The first-order valence-electron chi connectivity index (χ1n) is 11.2. The fraction of sp³-hybridized carbons (Fsp3) is 0.417. The molecule has 2 aliphatic rings. The Morgan fingerprint density at radius 2 is 1.94 bits per heavy atom. The van der Waals surface area contributed by atoms with E-state index in [1.54, 1.807) is 18.3 Å². The zero-order chi connectivity index (χ0) is 24.2. The summed E-state index contributed by atoms with van der Waals surface area (Å²) < 4.78 is 25.6. The number of ether oxygens (including phenoxy) is 2. The Balaban J connectivity index is 1.43. The number of amides is 4. The molecule has 34 heavy (non-hydrogen) atoms. The molecule has 3 N–H and O–H groups in total. The number of hydrogen-bond acceptors (Lipinski definition) is 7. The molecule has 4 amide bonds. The Hall–Kier alpha value is -3.37. The highest BCUT2D eigenvalue weighted by Crippen LogP contribution is 2.30. The number of benzene rings is 1. The number of nitrogens with one attached hydrogen (secondary N) is 1. The molecule has 2 aliphatic heterocycles. The monoisotopic (exact) mass is 470 g/mol. The molecule has 9 nitrogen and oxygen atoms in total. The van der Waals surface area contributed by atoms with Crippen molar-refractivity contribution in [2.45, 2.75) is 44.7 Å². The summed E-state index contributed by atoms with van der Waals surface area (Å²) in [6.45, 7) is 2.75. The zero-order valence-corrected chi connectivity index (χ0v) is 18.8. The van der Waals surface area contributed by atoms with Gasteiger partial charge in [-0.25, -0.2) is 9.18 Å². The number of aryl methyl sites for hydroxylation is 1. The van der Waals surface area contributed by atoms with Crippen molar-refractivity contribution in [3.63, 3.8) is 0 Å². The molecule has 0 aliphatic carbocycles. The first kappa shape index (κ1) is 23.8. The molecule has 180 valence electrons. The van der Waals surface area contributed by atoms with E-state index in [9.17, 15) is 18.8 Å². The third-order valence-electron chi connectivity index (χ3n) is 6.11. The van der Waals surface area contributed by atoms with Gasteiger partial charge >= 0.3 is 6.03 Å². The molecule has 1 aromatic carbocycles. The number of carbonyl (C=O) groups excluding carboxylic acids is 3. The molecule has 4 rings (SSSR count). The van der Waals surface area contributed by atoms with Gasteiger partial charge in [0, 0.05) is 36.6 Å². The van der Waals surface area contributed by atoms with E-state index in [0.29, 0.717) is 37.6 Å². The smallest absolute Gasteiger partial charge is 0.331 e. The molecule has 0 radical (unpaired) electrons. The van der Waals surface area contributed by atoms with Gasteiger partial charge < -0.3 is 15.2 Å². The van der Waals surface area contributed by atoms with E-state index in [-0.39, 0.29) is 24.4 Å². The summed E-state index contributed by atoms with van der Waals surface area (Å²) in [4.78, 5) is 43.0. The molecule has 0 spiro atoms. The minimum absolute atomic E-state index is 0.0746. The first-order chi connectivity index (χ1) is 16.3. The summed E-state index contributed by atoms with van der Waals surface area (Å²) >= 11 is 0. The standard InChI is InChI=1S/C24H27FN4O5/c1-14-2-3-17(13-27-14)34-16-4-6-20(25)19(12-16)21(26)7-5-18-22(30)28-24(32)29(23(18)31)15-8-10-33-11-9-15/h2-4,6,12-13,15,18,21H,5,7-11,26H2,1H3,(H,28,30,32). The molecular formula is C24H27FN4O5. The second-order valence-corrected chi connectivity index (χ2v) is 8.50. The van der Waals surface area contributed by atoms with Crippen LogP contribution < -0.4 is 15.8 Å². The third kappa shape index (κ3) is 5.23. The van der Waals surface area contributed by atoms with Gasteiger partial charge in [-0.1, -0.05) is 0 Å². The van der Waals surface area contributed by atoms with Gasteiger partial charge in [0.1, 0.15) is 23.2 Å². The van der Waals surface area contributed by atoms with E-state index >= 15 is 0 Å². The highest BCUT2D eigenvalue weighted by molar-refractivity contribution is 6.16. The van der Waals surface area contributed by atoms with Gasteiger partial charge in [-0.05, 0) is 62.9 Å². The summed E-state index contributed by atoms with van der Waals surface area (Å²) in [5.74, 6) is -1.89. The van der Waals surface area contributed by atoms with Crippen LogP contribution in [0.3, 0.4) is 0 Å². The van der Waals surface area contributed by atoms with Crippen molar-refractivity contribution in [3.8, 4) is 11.5 Å². The summed E-state index contributed by atoms with van der Waals surface area (Å²) in [6, 6.07) is 6.00. The highest BCUT2D eigenvalue weighted by atomic mass is 19.1. The van der Waals surface area contributed by atoms with Gasteiger partial charge in [0.2, 0.25) is 11.8 Å². The molecule has 0 saturated carbocycles. The molecule has 0 bridgehead atoms. The number of hydrogen-bond donors (Lipinski definition) is 2. The van der Waals surface area contributed by atoms with E-state index < -0.39 is 35.6 Å². The van der Waals surface area contributed by atoms with Gasteiger partial charge in [-0.2, -0.15) is 0 Å². The minimum atomic E-state index is -1.06. The highest BCUT2D eigenvalue weighted by Gasteiger charge is 2.43. The Morgan fingerprint density at radius 1 is 1.21 bits per heavy atom.